The number of nitrogens with zero attached hydrogens (tertiary/aromatic N) is 1. The SMILES string of the molecule is CCC1(C(=O)O)CCN(C(=O)C2NCC3CCCC32)C1. The quantitative estimate of drug-likeness (QED) is 0.812. The first-order valence-corrected chi connectivity index (χ1v) is 7.83. The number of rotatable bonds is 3. The molecule has 112 valence electrons. The highest BCUT2D eigenvalue weighted by atomic mass is 16.4. The fraction of sp³-hybridized carbons (Fsp3) is 0.867. The normalized spacial score (nSPS) is 40.0. The first-order chi connectivity index (χ1) is 9.57. The summed E-state index contributed by atoms with van der Waals surface area (Å²) in [6.07, 6.45) is 4.78. The molecule has 1 amide bonds. The van der Waals surface area contributed by atoms with E-state index in [1.165, 1.54) is 12.8 Å². The molecular formula is C15H24N2O3. The van der Waals surface area contributed by atoms with Crippen molar-refractivity contribution in [3.63, 3.8) is 0 Å². The Bertz CT molecular complexity index is 425. The molecule has 4 unspecified atom stereocenters. The van der Waals surface area contributed by atoms with Gasteiger partial charge in [-0.2, -0.15) is 0 Å². The van der Waals surface area contributed by atoms with Crippen LogP contribution < -0.4 is 5.32 Å². The third-order valence-corrected chi connectivity index (χ3v) is 5.81. The van der Waals surface area contributed by atoms with Gasteiger partial charge in [0.2, 0.25) is 5.91 Å². The number of fused-ring (bicyclic) bond motifs is 1. The van der Waals surface area contributed by atoms with E-state index >= 15 is 0 Å². The van der Waals surface area contributed by atoms with Crippen LogP contribution in [-0.2, 0) is 9.59 Å². The Morgan fingerprint density at radius 1 is 1.40 bits per heavy atom. The summed E-state index contributed by atoms with van der Waals surface area (Å²) < 4.78 is 0. The molecule has 5 heteroatoms. The summed E-state index contributed by atoms with van der Waals surface area (Å²) in [5.41, 5.74) is -0.719. The number of carbonyl (C=O) groups is 2. The van der Waals surface area contributed by atoms with E-state index < -0.39 is 11.4 Å². The molecule has 2 aliphatic heterocycles. The number of hydrogen-bond acceptors (Lipinski definition) is 3. The van der Waals surface area contributed by atoms with Gasteiger partial charge in [0, 0.05) is 13.1 Å². The van der Waals surface area contributed by atoms with Crippen LogP contribution in [0.4, 0.5) is 0 Å². The van der Waals surface area contributed by atoms with Crippen LogP contribution in [-0.4, -0.2) is 47.6 Å². The number of nitrogens with one attached hydrogen (secondary N) is 1. The molecule has 0 aromatic rings. The first kappa shape index (κ1) is 13.9. The van der Waals surface area contributed by atoms with Gasteiger partial charge in [0.1, 0.15) is 0 Å². The van der Waals surface area contributed by atoms with Crippen molar-refractivity contribution in [3.05, 3.63) is 0 Å². The monoisotopic (exact) mass is 280 g/mol. The molecule has 1 aliphatic carbocycles. The van der Waals surface area contributed by atoms with Crippen LogP contribution in [0.3, 0.4) is 0 Å². The second-order valence-electron chi connectivity index (χ2n) is 6.69. The molecule has 2 saturated heterocycles. The number of carbonyl (C=O) groups excluding carboxylic acids is 1. The molecule has 0 bridgehead atoms. The van der Waals surface area contributed by atoms with E-state index in [1.54, 1.807) is 4.90 Å². The third-order valence-electron chi connectivity index (χ3n) is 5.81. The van der Waals surface area contributed by atoms with Crippen molar-refractivity contribution < 1.29 is 14.7 Å². The lowest BCUT2D eigenvalue weighted by molar-refractivity contribution is -0.148. The second-order valence-corrected chi connectivity index (χ2v) is 6.69. The van der Waals surface area contributed by atoms with E-state index in [-0.39, 0.29) is 11.9 Å². The van der Waals surface area contributed by atoms with Crippen LogP contribution in [0, 0.1) is 17.3 Å². The van der Waals surface area contributed by atoms with Gasteiger partial charge in [0.05, 0.1) is 11.5 Å². The van der Waals surface area contributed by atoms with Gasteiger partial charge in [-0.25, -0.2) is 0 Å². The van der Waals surface area contributed by atoms with Gasteiger partial charge in [-0.3, -0.25) is 9.59 Å². The molecule has 0 aromatic heterocycles. The lowest BCUT2D eigenvalue weighted by atomic mass is 9.84. The molecular weight excluding hydrogens is 256 g/mol. The molecule has 3 rings (SSSR count). The minimum Gasteiger partial charge on any atom is -0.481 e. The molecule has 5 nitrogen and oxygen atoms in total. The Morgan fingerprint density at radius 2 is 2.20 bits per heavy atom. The zero-order chi connectivity index (χ0) is 14.3. The summed E-state index contributed by atoms with van der Waals surface area (Å²) >= 11 is 0. The molecule has 4 atom stereocenters. The number of likely N-dealkylation sites (tertiary alicyclic amines) is 1. The van der Waals surface area contributed by atoms with Gasteiger partial charge in [0.25, 0.3) is 0 Å². The molecule has 3 aliphatic rings. The van der Waals surface area contributed by atoms with Crippen molar-refractivity contribution in [3.8, 4) is 0 Å². The Hall–Kier alpha value is -1.10. The summed E-state index contributed by atoms with van der Waals surface area (Å²) in [5, 5.41) is 12.8. The zero-order valence-corrected chi connectivity index (χ0v) is 12.1. The minimum absolute atomic E-state index is 0.0658. The fourth-order valence-electron chi connectivity index (χ4n) is 4.33. The van der Waals surface area contributed by atoms with Crippen molar-refractivity contribution >= 4 is 11.9 Å². The molecule has 2 N–H and O–H groups in total. The Balaban J connectivity index is 1.68. The highest BCUT2D eigenvalue weighted by molar-refractivity contribution is 5.85. The van der Waals surface area contributed by atoms with Gasteiger partial charge in [-0.15, -0.1) is 0 Å². The topological polar surface area (TPSA) is 69.6 Å². The van der Waals surface area contributed by atoms with E-state index in [0.717, 1.165) is 13.0 Å². The Kier molecular flexibility index (Phi) is 3.48. The maximum atomic E-state index is 12.7. The molecule has 0 radical (unpaired) electrons. The summed E-state index contributed by atoms with van der Waals surface area (Å²) in [6.45, 7) is 3.83. The van der Waals surface area contributed by atoms with Crippen LogP contribution in [0.1, 0.15) is 39.0 Å². The average molecular weight is 280 g/mol. The van der Waals surface area contributed by atoms with E-state index in [1.807, 2.05) is 6.92 Å². The third kappa shape index (κ3) is 2.03. The molecule has 0 aromatic carbocycles. The number of carboxylic acid groups (broad SMARTS) is 1. The van der Waals surface area contributed by atoms with Gasteiger partial charge in [-0.1, -0.05) is 13.3 Å². The largest absolute Gasteiger partial charge is 0.481 e. The summed E-state index contributed by atoms with van der Waals surface area (Å²) in [7, 11) is 0. The zero-order valence-electron chi connectivity index (χ0n) is 12.1. The average Bonchev–Trinajstić information content (AvgIpc) is 3.13. The van der Waals surface area contributed by atoms with Crippen molar-refractivity contribution in [2.24, 2.45) is 17.3 Å². The summed E-state index contributed by atoms with van der Waals surface area (Å²) in [4.78, 5) is 25.9. The molecule has 2 heterocycles. The first-order valence-electron chi connectivity index (χ1n) is 7.83. The Morgan fingerprint density at radius 3 is 2.85 bits per heavy atom. The highest BCUT2D eigenvalue weighted by Gasteiger charge is 2.49. The van der Waals surface area contributed by atoms with Crippen LogP contribution in [0.15, 0.2) is 0 Å². The fourth-order valence-corrected chi connectivity index (χ4v) is 4.33. The maximum Gasteiger partial charge on any atom is 0.311 e. The van der Waals surface area contributed by atoms with E-state index in [9.17, 15) is 14.7 Å². The Labute approximate surface area is 119 Å². The smallest absolute Gasteiger partial charge is 0.311 e. The lowest BCUT2D eigenvalue weighted by Gasteiger charge is -2.26. The number of aliphatic carboxylic acids is 1. The van der Waals surface area contributed by atoms with Crippen molar-refractivity contribution in [2.45, 2.75) is 45.1 Å². The molecule has 3 fully saturated rings. The minimum atomic E-state index is -0.756. The van der Waals surface area contributed by atoms with Crippen LogP contribution in [0.5, 0.6) is 0 Å². The number of carboxylic acids is 1. The standard InChI is InChI=1S/C15H24N2O3/c1-2-15(14(19)20)6-7-17(9-15)13(18)12-11-5-3-4-10(11)8-16-12/h10-12,16H,2-9H2,1H3,(H,19,20). The van der Waals surface area contributed by atoms with Crippen molar-refractivity contribution in [1.82, 2.24) is 10.2 Å². The second kappa shape index (κ2) is 5.02. The predicted octanol–water partition coefficient (Wildman–Crippen LogP) is 1.09. The van der Waals surface area contributed by atoms with Gasteiger partial charge < -0.3 is 15.3 Å². The summed E-state index contributed by atoms with van der Waals surface area (Å²) in [6, 6.07) is -0.0658. The van der Waals surface area contributed by atoms with E-state index in [0.29, 0.717) is 37.8 Å². The number of hydrogen-bond donors (Lipinski definition) is 2. The van der Waals surface area contributed by atoms with Crippen LogP contribution >= 0.6 is 0 Å². The van der Waals surface area contributed by atoms with Crippen LogP contribution in [0.25, 0.3) is 0 Å². The van der Waals surface area contributed by atoms with E-state index in [2.05, 4.69) is 5.32 Å². The number of amides is 1. The highest BCUT2D eigenvalue weighted by Crippen LogP contribution is 2.40. The molecule has 0 spiro atoms. The molecule has 1 saturated carbocycles. The van der Waals surface area contributed by atoms with Gasteiger partial charge in [-0.05, 0) is 44.1 Å². The molecule has 20 heavy (non-hydrogen) atoms. The van der Waals surface area contributed by atoms with Crippen molar-refractivity contribution in [2.75, 3.05) is 19.6 Å². The summed E-state index contributed by atoms with van der Waals surface area (Å²) in [5.74, 6) is 0.510. The predicted molar refractivity (Wildman–Crippen MR) is 74.2 cm³/mol. The van der Waals surface area contributed by atoms with Gasteiger partial charge >= 0.3 is 5.97 Å². The lowest BCUT2D eigenvalue weighted by Crippen LogP contribution is -2.46. The maximum absolute atomic E-state index is 12.7. The van der Waals surface area contributed by atoms with Crippen molar-refractivity contribution in [1.29, 1.82) is 0 Å². The van der Waals surface area contributed by atoms with E-state index in [4.69, 9.17) is 0 Å². The van der Waals surface area contributed by atoms with Gasteiger partial charge in [0.15, 0.2) is 0 Å². The van der Waals surface area contributed by atoms with Crippen LogP contribution in [0.2, 0.25) is 0 Å².